The lowest BCUT2D eigenvalue weighted by Gasteiger charge is -2.18. The van der Waals surface area contributed by atoms with Crippen molar-refractivity contribution in [2.75, 3.05) is 27.9 Å². The Kier molecular flexibility index (Phi) is 6.11. The maximum Gasteiger partial charge on any atom is 0.304 e. The van der Waals surface area contributed by atoms with Gasteiger partial charge in [0.05, 0.1) is 27.8 Å². The quantitative estimate of drug-likeness (QED) is 0.758. The molecule has 0 fully saturated rings. The molecule has 1 aromatic rings. The van der Waals surface area contributed by atoms with Gasteiger partial charge in [0.2, 0.25) is 5.75 Å². The van der Waals surface area contributed by atoms with E-state index in [0.29, 0.717) is 23.8 Å². The molecule has 1 rings (SSSR count). The van der Waals surface area contributed by atoms with E-state index in [1.807, 2.05) is 19.1 Å². The third-order valence-corrected chi connectivity index (χ3v) is 2.98. The molecule has 0 aliphatic rings. The molecule has 0 radical (unpaired) electrons. The van der Waals surface area contributed by atoms with Gasteiger partial charge in [0.25, 0.3) is 0 Å². The fourth-order valence-electron chi connectivity index (χ4n) is 1.86. The Hall–Kier alpha value is -1.95. The second kappa shape index (κ2) is 7.59. The predicted octanol–water partition coefficient (Wildman–Crippen LogP) is 1.84. The minimum atomic E-state index is -0.824. The van der Waals surface area contributed by atoms with E-state index in [1.54, 1.807) is 21.3 Å². The maximum absolute atomic E-state index is 10.5. The van der Waals surface area contributed by atoms with Crippen LogP contribution in [0.15, 0.2) is 12.1 Å². The first-order chi connectivity index (χ1) is 9.53. The molecule has 6 nitrogen and oxygen atoms in total. The van der Waals surface area contributed by atoms with Gasteiger partial charge in [0.1, 0.15) is 0 Å². The first kappa shape index (κ1) is 16.1. The molecule has 0 heterocycles. The zero-order chi connectivity index (χ0) is 15.1. The molecule has 20 heavy (non-hydrogen) atoms. The van der Waals surface area contributed by atoms with Gasteiger partial charge in [0, 0.05) is 12.6 Å². The molecular formula is C14H21NO5. The molecule has 0 aromatic heterocycles. The van der Waals surface area contributed by atoms with Crippen LogP contribution in [-0.2, 0) is 4.79 Å². The van der Waals surface area contributed by atoms with Gasteiger partial charge in [-0.15, -0.1) is 0 Å². The van der Waals surface area contributed by atoms with Gasteiger partial charge in [-0.3, -0.25) is 4.79 Å². The molecule has 0 amide bonds. The van der Waals surface area contributed by atoms with Crippen LogP contribution in [0.3, 0.4) is 0 Å². The Morgan fingerprint density at radius 2 is 1.75 bits per heavy atom. The standard InChI is InChI=1S/C14H21NO5/c1-9(15-6-5-13(16)17)10-7-11(18-2)14(20-4)12(8-10)19-3/h7-9,15H,5-6H2,1-4H3,(H,16,17). The minimum absolute atomic E-state index is 0.0249. The summed E-state index contributed by atoms with van der Waals surface area (Å²) >= 11 is 0. The van der Waals surface area contributed by atoms with Crippen molar-refractivity contribution in [3.63, 3.8) is 0 Å². The van der Waals surface area contributed by atoms with Gasteiger partial charge in [-0.05, 0) is 24.6 Å². The van der Waals surface area contributed by atoms with E-state index < -0.39 is 5.97 Å². The summed E-state index contributed by atoms with van der Waals surface area (Å²) in [6.07, 6.45) is 0.0781. The average molecular weight is 283 g/mol. The number of methoxy groups -OCH3 is 3. The number of ether oxygens (including phenoxy) is 3. The molecule has 0 aliphatic heterocycles. The fourth-order valence-corrected chi connectivity index (χ4v) is 1.86. The van der Waals surface area contributed by atoms with E-state index in [4.69, 9.17) is 19.3 Å². The third-order valence-electron chi connectivity index (χ3n) is 2.98. The Morgan fingerprint density at radius 3 is 2.15 bits per heavy atom. The summed E-state index contributed by atoms with van der Waals surface area (Å²) < 4.78 is 15.8. The van der Waals surface area contributed by atoms with Crippen molar-refractivity contribution >= 4 is 5.97 Å². The Labute approximate surface area is 118 Å². The van der Waals surface area contributed by atoms with E-state index >= 15 is 0 Å². The van der Waals surface area contributed by atoms with Crippen LogP contribution in [0.4, 0.5) is 0 Å². The molecule has 0 aliphatic carbocycles. The van der Waals surface area contributed by atoms with Gasteiger partial charge in [-0.2, -0.15) is 0 Å². The van der Waals surface area contributed by atoms with Gasteiger partial charge < -0.3 is 24.6 Å². The van der Waals surface area contributed by atoms with Crippen molar-refractivity contribution in [3.8, 4) is 17.2 Å². The summed E-state index contributed by atoms with van der Waals surface area (Å²) in [5.74, 6) is 0.869. The zero-order valence-corrected chi connectivity index (χ0v) is 12.2. The largest absolute Gasteiger partial charge is 0.493 e. The first-order valence-corrected chi connectivity index (χ1v) is 6.28. The third kappa shape index (κ3) is 4.03. The van der Waals surface area contributed by atoms with E-state index in [0.717, 1.165) is 5.56 Å². The Balaban J connectivity index is 2.91. The summed E-state index contributed by atoms with van der Waals surface area (Å²) in [5, 5.41) is 11.8. The Bertz CT molecular complexity index is 436. The van der Waals surface area contributed by atoms with Gasteiger partial charge in [0.15, 0.2) is 11.5 Å². The van der Waals surface area contributed by atoms with Crippen LogP contribution in [0.5, 0.6) is 17.2 Å². The molecule has 1 atom stereocenters. The van der Waals surface area contributed by atoms with Crippen molar-refractivity contribution in [1.29, 1.82) is 0 Å². The number of carbonyl (C=O) groups is 1. The maximum atomic E-state index is 10.5. The lowest BCUT2D eigenvalue weighted by Crippen LogP contribution is -2.22. The average Bonchev–Trinajstić information content (AvgIpc) is 2.44. The normalized spacial score (nSPS) is 11.8. The van der Waals surface area contributed by atoms with Gasteiger partial charge >= 0.3 is 5.97 Å². The number of hydrogen-bond donors (Lipinski definition) is 2. The lowest BCUT2D eigenvalue weighted by molar-refractivity contribution is -0.136. The summed E-state index contributed by atoms with van der Waals surface area (Å²) in [5.41, 5.74) is 0.935. The molecule has 2 N–H and O–H groups in total. The number of nitrogens with one attached hydrogen (secondary N) is 1. The molecule has 0 bridgehead atoms. The highest BCUT2D eigenvalue weighted by Crippen LogP contribution is 2.39. The number of carboxylic acids is 1. The number of hydrogen-bond acceptors (Lipinski definition) is 5. The fraction of sp³-hybridized carbons (Fsp3) is 0.500. The van der Waals surface area contributed by atoms with Crippen LogP contribution in [0.2, 0.25) is 0 Å². The topological polar surface area (TPSA) is 77.0 Å². The molecule has 6 heteroatoms. The zero-order valence-electron chi connectivity index (χ0n) is 12.2. The minimum Gasteiger partial charge on any atom is -0.493 e. The highest BCUT2D eigenvalue weighted by molar-refractivity contribution is 5.66. The van der Waals surface area contributed by atoms with Crippen LogP contribution in [0.25, 0.3) is 0 Å². The van der Waals surface area contributed by atoms with Crippen molar-refractivity contribution in [3.05, 3.63) is 17.7 Å². The van der Waals surface area contributed by atoms with Gasteiger partial charge in [-0.1, -0.05) is 0 Å². The van der Waals surface area contributed by atoms with E-state index in [2.05, 4.69) is 5.32 Å². The second-order valence-corrected chi connectivity index (χ2v) is 4.28. The van der Waals surface area contributed by atoms with E-state index in [-0.39, 0.29) is 12.5 Å². The highest BCUT2D eigenvalue weighted by atomic mass is 16.5. The monoisotopic (exact) mass is 283 g/mol. The molecule has 1 aromatic carbocycles. The number of rotatable bonds is 8. The SMILES string of the molecule is COc1cc(C(C)NCCC(=O)O)cc(OC)c1OC. The smallest absolute Gasteiger partial charge is 0.304 e. The number of benzene rings is 1. The van der Waals surface area contributed by atoms with Crippen molar-refractivity contribution in [1.82, 2.24) is 5.32 Å². The number of carboxylic acid groups (broad SMARTS) is 1. The predicted molar refractivity (Wildman–Crippen MR) is 74.8 cm³/mol. The highest BCUT2D eigenvalue weighted by Gasteiger charge is 2.16. The van der Waals surface area contributed by atoms with Crippen LogP contribution >= 0.6 is 0 Å². The summed E-state index contributed by atoms with van der Waals surface area (Å²) in [6, 6.07) is 3.67. The molecular weight excluding hydrogens is 262 g/mol. The second-order valence-electron chi connectivity index (χ2n) is 4.28. The number of aliphatic carboxylic acids is 1. The summed E-state index contributed by atoms with van der Waals surface area (Å²) in [7, 11) is 4.67. The van der Waals surface area contributed by atoms with E-state index in [1.165, 1.54) is 0 Å². The summed E-state index contributed by atoms with van der Waals surface area (Å²) in [6.45, 7) is 2.34. The molecule has 1 unspecified atom stereocenters. The molecule has 0 saturated carbocycles. The lowest BCUT2D eigenvalue weighted by atomic mass is 10.1. The van der Waals surface area contributed by atoms with Crippen LogP contribution in [0.1, 0.15) is 24.9 Å². The molecule has 0 spiro atoms. The van der Waals surface area contributed by atoms with Crippen LogP contribution < -0.4 is 19.5 Å². The van der Waals surface area contributed by atoms with Crippen molar-refractivity contribution in [2.45, 2.75) is 19.4 Å². The van der Waals surface area contributed by atoms with Crippen LogP contribution in [-0.4, -0.2) is 38.9 Å². The van der Waals surface area contributed by atoms with Crippen LogP contribution in [0, 0.1) is 0 Å². The molecule has 112 valence electrons. The van der Waals surface area contributed by atoms with Gasteiger partial charge in [-0.25, -0.2) is 0 Å². The van der Waals surface area contributed by atoms with E-state index in [9.17, 15) is 4.79 Å². The molecule has 0 saturated heterocycles. The van der Waals surface area contributed by atoms with Crippen molar-refractivity contribution < 1.29 is 24.1 Å². The summed E-state index contributed by atoms with van der Waals surface area (Å²) in [4.78, 5) is 10.5. The van der Waals surface area contributed by atoms with Crippen molar-refractivity contribution in [2.24, 2.45) is 0 Å². The Morgan fingerprint density at radius 1 is 1.20 bits per heavy atom. The first-order valence-electron chi connectivity index (χ1n) is 6.28.